The predicted molar refractivity (Wildman–Crippen MR) is 106 cm³/mol. The van der Waals surface area contributed by atoms with Gasteiger partial charge in [0.2, 0.25) is 0 Å². The third-order valence-electron chi connectivity index (χ3n) is 5.09. The van der Waals surface area contributed by atoms with Crippen LogP contribution in [0.15, 0.2) is 53.4 Å². The summed E-state index contributed by atoms with van der Waals surface area (Å²) >= 11 is 5.99. The predicted octanol–water partition coefficient (Wildman–Crippen LogP) is 5.32. The normalized spacial score (nSPS) is 21.3. The SMILES string of the molecule is CC1CCCCC1N(Cc1ccc(C#N)cc1)S(=O)c1ccc(Cl)cc1. The summed E-state index contributed by atoms with van der Waals surface area (Å²) in [5, 5.41) is 9.64. The highest BCUT2D eigenvalue weighted by atomic mass is 35.5. The van der Waals surface area contributed by atoms with Crippen molar-refractivity contribution in [3.05, 3.63) is 64.7 Å². The molecule has 0 bridgehead atoms. The molecular weight excluding hydrogens is 364 g/mol. The molecule has 1 saturated carbocycles. The van der Waals surface area contributed by atoms with Crippen molar-refractivity contribution in [1.82, 2.24) is 4.31 Å². The number of halogens is 1. The van der Waals surface area contributed by atoms with E-state index in [0.29, 0.717) is 23.0 Å². The second-order valence-corrected chi connectivity index (χ2v) is 8.79. The smallest absolute Gasteiger partial charge is 0.128 e. The van der Waals surface area contributed by atoms with Gasteiger partial charge in [-0.15, -0.1) is 0 Å². The van der Waals surface area contributed by atoms with Crippen LogP contribution < -0.4 is 0 Å². The topological polar surface area (TPSA) is 44.1 Å². The van der Waals surface area contributed by atoms with Crippen LogP contribution in [0.2, 0.25) is 5.02 Å². The van der Waals surface area contributed by atoms with Crippen molar-refractivity contribution in [3.8, 4) is 6.07 Å². The van der Waals surface area contributed by atoms with Crippen LogP contribution in [0.1, 0.15) is 43.7 Å². The molecule has 3 unspecified atom stereocenters. The van der Waals surface area contributed by atoms with E-state index in [1.807, 2.05) is 36.4 Å². The summed E-state index contributed by atoms with van der Waals surface area (Å²) in [7, 11) is -1.25. The van der Waals surface area contributed by atoms with Gasteiger partial charge < -0.3 is 0 Å². The third-order valence-corrected chi connectivity index (χ3v) is 6.84. The molecular formula is C21H23ClN2OS. The summed E-state index contributed by atoms with van der Waals surface area (Å²) in [5.74, 6) is 0.512. The van der Waals surface area contributed by atoms with Crippen LogP contribution in [0.3, 0.4) is 0 Å². The molecule has 0 N–H and O–H groups in total. The molecule has 1 aliphatic rings. The summed E-state index contributed by atoms with van der Waals surface area (Å²) < 4.78 is 15.5. The lowest BCUT2D eigenvalue weighted by atomic mass is 9.86. The molecule has 0 spiro atoms. The Balaban J connectivity index is 1.88. The first-order valence-corrected chi connectivity index (χ1v) is 10.5. The van der Waals surface area contributed by atoms with Crippen LogP contribution in [-0.4, -0.2) is 14.6 Å². The van der Waals surface area contributed by atoms with E-state index in [1.54, 1.807) is 12.1 Å². The average Bonchev–Trinajstić information content (AvgIpc) is 2.67. The number of rotatable bonds is 5. The molecule has 1 aliphatic carbocycles. The van der Waals surface area contributed by atoms with Gasteiger partial charge in [0.25, 0.3) is 0 Å². The van der Waals surface area contributed by atoms with Crippen LogP contribution in [0.5, 0.6) is 0 Å². The minimum absolute atomic E-state index is 0.288. The molecule has 0 amide bonds. The highest BCUT2D eigenvalue weighted by Gasteiger charge is 2.31. The van der Waals surface area contributed by atoms with Crippen LogP contribution in [0, 0.1) is 17.2 Å². The molecule has 5 heteroatoms. The van der Waals surface area contributed by atoms with Crippen LogP contribution >= 0.6 is 11.6 Å². The third kappa shape index (κ3) is 4.54. The van der Waals surface area contributed by atoms with Crippen molar-refractivity contribution in [2.45, 2.75) is 50.1 Å². The van der Waals surface area contributed by atoms with Crippen molar-refractivity contribution in [3.63, 3.8) is 0 Å². The molecule has 0 radical (unpaired) electrons. The van der Waals surface area contributed by atoms with Gasteiger partial charge in [-0.1, -0.05) is 43.5 Å². The van der Waals surface area contributed by atoms with Gasteiger partial charge in [0.05, 0.1) is 16.5 Å². The lowest BCUT2D eigenvalue weighted by Crippen LogP contribution is -2.42. The van der Waals surface area contributed by atoms with Gasteiger partial charge in [-0.25, -0.2) is 8.51 Å². The zero-order valence-electron chi connectivity index (χ0n) is 14.9. The van der Waals surface area contributed by atoms with Gasteiger partial charge in [-0.05, 0) is 60.7 Å². The lowest BCUT2D eigenvalue weighted by molar-refractivity contribution is 0.192. The summed E-state index contributed by atoms with van der Waals surface area (Å²) in [6.45, 7) is 2.87. The van der Waals surface area contributed by atoms with Crippen molar-refractivity contribution in [1.29, 1.82) is 5.26 Å². The molecule has 3 rings (SSSR count). The highest BCUT2D eigenvalue weighted by molar-refractivity contribution is 7.82. The monoisotopic (exact) mass is 386 g/mol. The Labute approximate surface area is 163 Å². The maximum absolute atomic E-state index is 13.4. The van der Waals surface area contributed by atoms with Crippen molar-refractivity contribution >= 4 is 22.6 Å². The first kappa shape index (κ1) is 19.1. The Morgan fingerprint density at radius 1 is 1.12 bits per heavy atom. The Hall–Kier alpha value is -1.67. The summed E-state index contributed by atoms with van der Waals surface area (Å²) in [6, 6.07) is 17.3. The molecule has 3 nitrogen and oxygen atoms in total. The maximum atomic E-state index is 13.4. The first-order valence-electron chi connectivity index (χ1n) is 9.01. The Kier molecular flexibility index (Phi) is 6.48. The fourth-order valence-electron chi connectivity index (χ4n) is 3.57. The molecule has 0 heterocycles. The van der Waals surface area contributed by atoms with Gasteiger partial charge >= 0.3 is 0 Å². The number of hydrogen-bond donors (Lipinski definition) is 0. The Morgan fingerprint density at radius 3 is 2.38 bits per heavy atom. The Morgan fingerprint density at radius 2 is 1.77 bits per heavy atom. The maximum Gasteiger partial charge on any atom is 0.128 e. The molecule has 1 fully saturated rings. The summed E-state index contributed by atoms with van der Waals surface area (Å²) in [5.41, 5.74) is 1.72. The molecule has 26 heavy (non-hydrogen) atoms. The molecule has 0 saturated heterocycles. The van der Waals surface area contributed by atoms with Gasteiger partial charge in [-0.3, -0.25) is 0 Å². The molecule has 0 aliphatic heterocycles. The van der Waals surface area contributed by atoms with E-state index in [9.17, 15) is 4.21 Å². The highest BCUT2D eigenvalue weighted by Crippen LogP contribution is 2.32. The molecule has 0 aromatic heterocycles. The zero-order chi connectivity index (χ0) is 18.5. The van der Waals surface area contributed by atoms with E-state index in [2.05, 4.69) is 17.3 Å². The average molecular weight is 387 g/mol. The zero-order valence-corrected chi connectivity index (χ0v) is 16.5. The second kappa shape index (κ2) is 8.81. The van der Waals surface area contributed by atoms with Gasteiger partial charge in [0, 0.05) is 17.6 Å². The van der Waals surface area contributed by atoms with Gasteiger partial charge in [0.1, 0.15) is 11.0 Å². The molecule has 2 aromatic rings. The Bertz CT molecular complexity index is 798. The van der Waals surface area contributed by atoms with Gasteiger partial charge in [0.15, 0.2) is 0 Å². The largest absolute Gasteiger partial charge is 0.237 e. The summed E-state index contributed by atoms with van der Waals surface area (Å²) in [4.78, 5) is 0.779. The molecule has 136 valence electrons. The summed E-state index contributed by atoms with van der Waals surface area (Å²) in [6.07, 6.45) is 4.66. The number of hydrogen-bond acceptors (Lipinski definition) is 2. The minimum Gasteiger partial charge on any atom is -0.237 e. The molecule has 3 atom stereocenters. The van der Waals surface area contributed by atoms with Crippen LogP contribution in [0.25, 0.3) is 0 Å². The van der Waals surface area contributed by atoms with E-state index >= 15 is 0 Å². The van der Waals surface area contributed by atoms with E-state index in [-0.39, 0.29) is 6.04 Å². The fourth-order valence-corrected chi connectivity index (χ4v) is 5.17. The fraction of sp³-hybridized carbons (Fsp3) is 0.381. The van der Waals surface area contributed by atoms with E-state index in [1.165, 1.54) is 19.3 Å². The van der Waals surface area contributed by atoms with E-state index in [0.717, 1.165) is 16.9 Å². The van der Waals surface area contributed by atoms with Gasteiger partial charge in [-0.2, -0.15) is 5.26 Å². The molecule has 2 aromatic carbocycles. The minimum atomic E-state index is -1.25. The van der Waals surface area contributed by atoms with E-state index < -0.39 is 11.0 Å². The van der Waals surface area contributed by atoms with E-state index in [4.69, 9.17) is 16.9 Å². The van der Waals surface area contributed by atoms with Crippen LogP contribution in [-0.2, 0) is 17.5 Å². The van der Waals surface area contributed by atoms with Crippen molar-refractivity contribution in [2.75, 3.05) is 0 Å². The number of benzene rings is 2. The van der Waals surface area contributed by atoms with Crippen molar-refractivity contribution < 1.29 is 4.21 Å². The number of nitrogens with zero attached hydrogens (tertiary/aromatic N) is 2. The quantitative estimate of drug-likeness (QED) is 0.698. The first-order chi connectivity index (χ1) is 12.6. The van der Waals surface area contributed by atoms with Crippen LogP contribution in [0.4, 0.5) is 0 Å². The second-order valence-electron chi connectivity index (χ2n) is 6.92. The lowest BCUT2D eigenvalue weighted by Gasteiger charge is -2.37. The number of nitriles is 1. The standard InChI is InChI=1S/C21H23ClN2OS/c1-16-4-2-3-5-21(16)24(15-18-8-6-17(14-23)7-9-18)26(25)20-12-10-19(22)11-13-20/h6-13,16,21H,2-5,15H2,1H3. The van der Waals surface area contributed by atoms with Crippen molar-refractivity contribution in [2.24, 2.45) is 5.92 Å².